The molecular formula is C19H21ClN2O3. The number of likely N-dealkylation sites (tertiary alicyclic amines) is 1. The molecule has 2 heterocycles. The van der Waals surface area contributed by atoms with Gasteiger partial charge in [-0.2, -0.15) is 0 Å². The Morgan fingerprint density at radius 1 is 1.16 bits per heavy atom. The second kappa shape index (κ2) is 7.31. The van der Waals surface area contributed by atoms with Gasteiger partial charge in [0.05, 0.1) is 0 Å². The van der Waals surface area contributed by atoms with Crippen molar-refractivity contribution in [1.29, 1.82) is 0 Å². The molecule has 0 radical (unpaired) electrons. The first-order valence-electron chi connectivity index (χ1n) is 8.33. The van der Waals surface area contributed by atoms with Gasteiger partial charge in [-0.15, -0.1) is 0 Å². The number of carbonyl (C=O) groups excluding carboxylic acids is 1. The van der Waals surface area contributed by atoms with E-state index in [0.717, 1.165) is 18.5 Å². The molecule has 0 N–H and O–H groups in total. The van der Waals surface area contributed by atoms with Gasteiger partial charge in [-0.25, -0.2) is 0 Å². The van der Waals surface area contributed by atoms with Crippen molar-refractivity contribution >= 4 is 17.5 Å². The SMILES string of the molecule is Cc1cc(OC2CCN(C(=O)c3ccc(Cl)cc3)CC2)cc(=O)n1C. The number of carbonyl (C=O) groups is 1. The second-order valence-corrected chi connectivity index (χ2v) is 6.78. The molecule has 1 saturated heterocycles. The van der Waals surface area contributed by atoms with Crippen molar-refractivity contribution in [2.45, 2.75) is 25.9 Å². The maximum atomic E-state index is 12.5. The summed E-state index contributed by atoms with van der Waals surface area (Å²) in [4.78, 5) is 26.2. The minimum absolute atomic E-state index is 0.0135. The van der Waals surface area contributed by atoms with Crippen LogP contribution in [0, 0.1) is 6.92 Å². The molecule has 0 unspecified atom stereocenters. The lowest BCUT2D eigenvalue weighted by atomic mass is 10.1. The van der Waals surface area contributed by atoms with Gasteiger partial charge in [0.15, 0.2) is 0 Å². The van der Waals surface area contributed by atoms with Crippen molar-refractivity contribution in [1.82, 2.24) is 9.47 Å². The lowest BCUT2D eigenvalue weighted by molar-refractivity contribution is 0.0595. The molecule has 0 atom stereocenters. The van der Waals surface area contributed by atoms with Crippen LogP contribution in [-0.4, -0.2) is 34.6 Å². The predicted octanol–water partition coefficient (Wildman–Crippen LogP) is 3.03. The summed E-state index contributed by atoms with van der Waals surface area (Å²) in [7, 11) is 1.74. The van der Waals surface area contributed by atoms with Crippen molar-refractivity contribution in [3.05, 3.63) is 63.0 Å². The van der Waals surface area contributed by atoms with Gasteiger partial charge in [-0.3, -0.25) is 9.59 Å². The van der Waals surface area contributed by atoms with E-state index < -0.39 is 0 Å². The lowest BCUT2D eigenvalue weighted by Gasteiger charge is -2.32. The van der Waals surface area contributed by atoms with Crippen LogP contribution >= 0.6 is 11.6 Å². The van der Waals surface area contributed by atoms with Crippen LogP contribution in [0.1, 0.15) is 28.9 Å². The minimum Gasteiger partial charge on any atom is -0.490 e. The monoisotopic (exact) mass is 360 g/mol. The highest BCUT2D eigenvalue weighted by molar-refractivity contribution is 6.30. The van der Waals surface area contributed by atoms with Crippen LogP contribution in [-0.2, 0) is 7.05 Å². The predicted molar refractivity (Wildman–Crippen MR) is 97.4 cm³/mol. The van der Waals surface area contributed by atoms with Gasteiger partial charge in [0, 0.05) is 55.3 Å². The topological polar surface area (TPSA) is 51.5 Å². The van der Waals surface area contributed by atoms with Gasteiger partial charge in [0.1, 0.15) is 11.9 Å². The molecule has 0 bridgehead atoms. The number of aryl methyl sites for hydroxylation is 1. The number of halogens is 1. The molecule has 1 aromatic heterocycles. The molecule has 25 heavy (non-hydrogen) atoms. The Kier molecular flexibility index (Phi) is 5.13. The number of hydrogen-bond acceptors (Lipinski definition) is 3. The smallest absolute Gasteiger partial charge is 0.254 e. The summed E-state index contributed by atoms with van der Waals surface area (Å²) in [5.74, 6) is 0.614. The highest BCUT2D eigenvalue weighted by Gasteiger charge is 2.24. The quantitative estimate of drug-likeness (QED) is 0.845. The highest BCUT2D eigenvalue weighted by atomic mass is 35.5. The van der Waals surface area contributed by atoms with E-state index >= 15 is 0 Å². The van der Waals surface area contributed by atoms with Gasteiger partial charge < -0.3 is 14.2 Å². The molecule has 1 fully saturated rings. The Labute approximate surface area is 151 Å². The first kappa shape index (κ1) is 17.5. The third-order valence-corrected chi connectivity index (χ3v) is 4.85. The van der Waals surface area contributed by atoms with Crippen molar-refractivity contribution in [2.75, 3.05) is 13.1 Å². The van der Waals surface area contributed by atoms with E-state index in [9.17, 15) is 9.59 Å². The van der Waals surface area contributed by atoms with Crippen LogP contribution in [0.5, 0.6) is 5.75 Å². The summed E-state index contributed by atoms with van der Waals surface area (Å²) in [5, 5.41) is 0.618. The second-order valence-electron chi connectivity index (χ2n) is 6.35. The fraction of sp³-hybridized carbons (Fsp3) is 0.368. The lowest BCUT2D eigenvalue weighted by Crippen LogP contribution is -2.41. The number of aromatic nitrogens is 1. The first-order chi connectivity index (χ1) is 11.9. The molecule has 0 spiro atoms. The van der Waals surface area contributed by atoms with Crippen molar-refractivity contribution in [3.8, 4) is 5.75 Å². The molecule has 5 nitrogen and oxygen atoms in total. The molecule has 1 amide bonds. The Balaban J connectivity index is 1.59. The van der Waals surface area contributed by atoms with E-state index in [-0.39, 0.29) is 17.6 Å². The van der Waals surface area contributed by atoms with E-state index in [1.165, 1.54) is 6.07 Å². The number of ether oxygens (including phenoxy) is 1. The Morgan fingerprint density at radius 2 is 1.80 bits per heavy atom. The molecule has 6 heteroatoms. The fourth-order valence-corrected chi connectivity index (χ4v) is 3.07. The average Bonchev–Trinajstić information content (AvgIpc) is 2.60. The van der Waals surface area contributed by atoms with Crippen molar-refractivity contribution < 1.29 is 9.53 Å². The normalized spacial score (nSPS) is 15.2. The van der Waals surface area contributed by atoms with E-state index in [2.05, 4.69) is 0 Å². The number of amides is 1. The first-order valence-corrected chi connectivity index (χ1v) is 8.71. The largest absolute Gasteiger partial charge is 0.490 e. The number of hydrogen-bond donors (Lipinski definition) is 0. The fourth-order valence-electron chi connectivity index (χ4n) is 2.95. The van der Waals surface area contributed by atoms with Crippen LogP contribution < -0.4 is 10.3 Å². The zero-order valence-electron chi connectivity index (χ0n) is 14.4. The number of rotatable bonds is 3. The molecule has 2 aromatic rings. The maximum absolute atomic E-state index is 12.5. The average molecular weight is 361 g/mol. The van der Waals surface area contributed by atoms with E-state index in [4.69, 9.17) is 16.3 Å². The van der Waals surface area contributed by atoms with Crippen LogP contribution in [0.15, 0.2) is 41.2 Å². The molecule has 1 aliphatic rings. The van der Waals surface area contributed by atoms with Crippen LogP contribution in [0.2, 0.25) is 5.02 Å². The van der Waals surface area contributed by atoms with Gasteiger partial charge in [-0.1, -0.05) is 11.6 Å². The molecule has 1 aromatic carbocycles. The minimum atomic E-state index is -0.0784. The summed E-state index contributed by atoms with van der Waals surface area (Å²) in [6.07, 6.45) is 1.50. The number of benzene rings is 1. The van der Waals surface area contributed by atoms with E-state index in [1.807, 2.05) is 17.9 Å². The van der Waals surface area contributed by atoms with Crippen molar-refractivity contribution in [3.63, 3.8) is 0 Å². The Hall–Kier alpha value is -2.27. The molecule has 0 saturated carbocycles. The van der Waals surface area contributed by atoms with Gasteiger partial charge in [-0.05, 0) is 37.3 Å². The van der Waals surface area contributed by atoms with E-state index in [0.29, 0.717) is 29.4 Å². The number of nitrogens with zero attached hydrogens (tertiary/aromatic N) is 2. The summed E-state index contributed by atoms with van der Waals surface area (Å²) >= 11 is 5.87. The molecule has 3 rings (SSSR count). The third-order valence-electron chi connectivity index (χ3n) is 4.60. The molecular weight excluding hydrogens is 340 g/mol. The summed E-state index contributed by atoms with van der Waals surface area (Å²) < 4.78 is 7.54. The van der Waals surface area contributed by atoms with Gasteiger partial charge in [0.25, 0.3) is 11.5 Å². The third kappa shape index (κ3) is 4.04. The summed E-state index contributed by atoms with van der Waals surface area (Å²) in [5.41, 5.74) is 1.43. The molecule has 0 aliphatic carbocycles. The van der Waals surface area contributed by atoms with Crippen LogP contribution in [0.4, 0.5) is 0 Å². The zero-order chi connectivity index (χ0) is 18.0. The number of piperidine rings is 1. The molecule has 1 aliphatic heterocycles. The molecule has 132 valence electrons. The Morgan fingerprint density at radius 3 is 2.40 bits per heavy atom. The van der Waals surface area contributed by atoms with Crippen LogP contribution in [0.3, 0.4) is 0 Å². The summed E-state index contributed by atoms with van der Waals surface area (Å²) in [6.45, 7) is 3.15. The van der Waals surface area contributed by atoms with Gasteiger partial charge >= 0.3 is 0 Å². The van der Waals surface area contributed by atoms with Gasteiger partial charge in [0.2, 0.25) is 0 Å². The van der Waals surface area contributed by atoms with E-state index in [1.54, 1.807) is 35.9 Å². The zero-order valence-corrected chi connectivity index (χ0v) is 15.1. The van der Waals surface area contributed by atoms with Crippen LogP contribution in [0.25, 0.3) is 0 Å². The summed E-state index contributed by atoms with van der Waals surface area (Å²) in [6, 6.07) is 10.3. The maximum Gasteiger partial charge on any atom is 0.254 e. The van der Waals surface area contributed by atoms with Crippen molar-refractivity contribution in [2.24, 2.45) is 7.05 Å². The number of pyridine rings is 1. The highest BCUT2D eigenvalue weighted by Crippen LogP contribution is 2.20. The standard InChI is InChI=1S/C19H21ClN2O3/c1-13-11-17(12-18(23)21(13)2)25-16-7-9-22(10-8-16)19(24)14-3-5-15(20)6-4-14/h3-6,11-12,16H,7-10H2,1-2H3. The Bertz CT molecular complexity index is 822.